The van der Waals surface area contributed by atoms with Gasteiger partial charge in [-0.25, -0.2) is 0 Å². The third kappa shape index (κ3) is 3.37. The van der Waals surface area contributed by atoms with Gasteiger partial charge in [0.2, 0.25) is 0 Å². The normalized spacial score (nSPS) is 12.2. The van der Waals surface area contributed by atoms with Gasteiger partial charge in [0.25, 0.3) is 0 Å². The summed E-state index contributed by atoms with van der Waals surface area (Å²) in [6.07, 6.45) is 3.46. The van der Waals surface area contributed by atoms with Gasteiger partial charge in [-0.05, 0) is 25.6 Å². The molecule has 0 aliphatic carbocycles. The molecule has 0 bridgehead atoms. The molecule has 1 N–H and O–H groups in total. The Morgan fingerprint density at radius 3 is 2.18 bits per heavy atom. The second kappa shape index (κ2) is 7.17. The SMILES string of the molecule is CCCCC(NC)c1c(OC)cccc1OC. The summed E-state index contributed by atoms with van der Waals surface area (Å²) in [6, 6.07) is 6.19. The molecule has 1 unspecified atom stereocenters. The molecule has 17 heavy (non-hydrogen) atoms. The maximum Gasteiger partial charge on any atom is 0.127 e. The first-order chi connectivity index (χ1) is 8.28. The number of hydrogen-bond donors (Lipinski definition) is 1. The summed E-state index contributed by atoms with van der Waals surface area (Å²) in [5.41, 5.74) is 1.12. The lowest BCUT2D eigenvalue weighted by Gasteiger charge is -2.21. The van der Waals surface area contributed by atoms with Crippen LogP contribution in [0.1, 0.15) is 37.8 Å². The highest BCUT2D eigenvalue weighted by molar-refractivity contribution is 5.46. The standard InChI is InChI=1S/C14H23NO2/c1-5-6-8-11(15-2)14-12(16-3)9-7-10-13(14)17-4/h7,9-11,15H,5-6,8H2,1-4H3. The highest BCUT2D eigenvalue weighted by Crippen LogP contribution is 2.35. The lowest BCUT2D eigenvalue weighted by atomic mass is 9.99. The summed E-state index contributed by atoms with van der Waals surface area (Å²) in [7, 11) is 5.38. The predicted molar refractivity (Wildman–Crippen MR) is 70.9 cm³/mol. The van der Waals surface area contributed by atoms with Crippen molar-refractivity contribution in [3.05, 3.63) is 23.8 Å². The van der Waals surface area contributed by atoms with Gasteiger partial charge in [0.15, 0.2) is 0 Å². The molecule has 1 aromatic carbocycles. The van der Waals surface area contributed by atoms with Gasteiger partial charge in [-0.3, -0.25) is 0 Å². The molecule has 0 saturated carbocycles. The van der Waals surface area contributed by atoms with Crippen LogP contribution in [-0.4, -0.2) is 21.3 Å². The molecule has 1 atom stereocenters. The number of nitrogens with one attached hydrogen (secondary N) is 1. The Bertz CT molecular complexity index is 317. The van der Waals surface area contributed by atoms with Crippen molar-refractivity contribution in [3.8, 4) is 11.5 Å². The summed E-state index contributed by atoms with van der Waals surface area (Å²) in [5, 5.41) is 3.34. The zero-order valence-electron chi connectivity index (χ0n) is 11.2. The number of ether oxygens (including phenoxy) is 2. The van der Waals surface area contributed by atoms with Crippen molar-refractivity contribution in [3.63, 3.8) is 0 Å². The van der Waals surface area contributed by atoms with Gasteiger partial charge in [0.05, 0.1) is 19.8 Å². The predicted octanol–water partition coefficient (Wildman–Crippen LogP) is 3.15. The van der Waals surface area contributed by atoms with E-state index in [2.05, 4.69) is 12.2 Å². The number of hydrogen-bond acceptors (Lipinski definition) is 3. The molecule has 0 fully saturated rings. The van der Waals surface area contributed by atoms with Crippen LogP contribution in [0.3, 0.4) is 0 Å². The Kier molecular flexibility index (Phi) is 5.84. The van der Waals surface area contributed by atoms with E-state index >= 15 is 0 Å². The maximum absolute atomic E-state index is 5.43. The molecule has 1 aromatic rings. The molecule has 0 radical (unpaired) electrons. The first-order valence-corrected chi connectivity index (χ1v) is 6.16. The van der Waals surface area contributed by atoms with E-state index in [1.165, 1.54) is 12.8 Å². The molecule has 0 amide bonds. The highest BCUT2D eigenvalue weighted by atomic mass is 16.5. The molecule has 3 nitrogen and oxygen atoms in total. The quantitative estimate of drug-likeness (QED) is 0.790. The number of rotatable bonds is 7. The molecule has 0 spiro atoms. The van der Waals surface area contributed by atoms with E-state index in [4.69, 9.17) is 9.47 Å². The second-order valence-corrected chi connectivity index (χ2v) is 4.06. The Morgan fingerprint density at radius 1 is 1.18 bits per heavy atom. The van der Waals surface area contributed by atoms with Crippen molar-refractivity contribution in [2.75, 3.05) is 21.3 Å². The molecule has 1 rings (SSSR count). The number of methoxy groups -OCH3 is 2. The molecule has 0 aromatic heterocycles. The third-order valence-electron chi connectivity index (χ3n) is 3.01. The fourth-order valence-electron chi connectivity index (χ4n) is 2.06. The Balaban J connectivity index is 3.05. The van der Waals surface area contributed by atoms with Gasteiger partial charge in [-0.1, -0.05) is 25.8 Å². The van der Waals surface area contributed by atoms with Crippen molar-refractivity contribution < 1.29 is 9.47 Å². The smallest absolute Gasteiger partial charge is 0.127 e. The van der Waals surface area contributed by atoms with Gasteiger partial charge in [-0.2, -0.15) is 0 Å². The van der Waals surface area contributed by atoms with Gasteiger partial charge in [0, 0.05) is 6.04 Å². The first kappa shape index (κ1) is 13.8. The van der Waals surface area contributed by atoms with Gasteiger partial charge >= 0.3 is 0 Å². The third-order valence-corrected chi connectivity index (χ3v) is 3.01. The Morgan fingerprint density at radius 2 is 1.76 bits per heavy atom. The molecule has 0 aliphatic heterocycles. The van der Waals surface area contributed by atoms with Crippen molar-refractivity contribution >= 4 is 0 Å². The zero-order chi connectivity index (χ0) is 12.7. The van der Waals surface area contributed by atoms with E-state index in [0.717, 1.165) is 23.5 Å². The van der Waals surface area contributed by atoms with Crippen LogP contribution >= 0.6 is 0 Å². The summed E-state index contributed by atoms with van der Waals surface area (Å²) in [4.78, 5) is 0. The monoisotopic (exact) mass is 237 g/mol. The van der Waals surface area contributed by atoms with Gasteiger partial charge in [-0.15, -0.1) is 0 Å². The Labute approximate surface area is 104 Å². The second-order valence-electron chi connectivity index (χ2n) is 4.06. The van der Waals surface area contributed by atoms with Crippen LogP contribution in [0.5, 0.6) is 11.5 Å². The average molecular weight is 237 g/mol. The fourth-order valence-corrected chi connectivity index (χ4v) is 2.06. The minimum Gasteiger partial charge on any atom is -0.496 e. The molecule has 3 heteroatoms. The maximum atomic E-state index is 5.43. The van der Waals surface area contributed by atoms with Crippen LogP contribution in [0.15, 0.2) is 18.2 Å². The molecule has 96 valence electrons. The average Bonchev–Trinajstić information content (AvgIpc) is 2.39. The fraction of sp³-hybridized carbons (Fsp3) is 0.571. The minimum absolute atomic E-state index is 0.279. The molecule has 0 heterocycles. The summed E-state index contributed by atoms with van der Waals surface area (Å²) < 4.78 is 10.9. The molecular weight excluding hydrogens is 214 g/mol. The number of benzene rings is 1. The summed E-state index contributed by atoms with van der Waals surface area (Å²) >= 11 is 0. The Hall–Kier alpha value is -1.22. The van der Waals surface area contributed by atoms with Crippen LogP contribution in [0.4, 0.5) is 0 Å². The topological polar surface area (TPSA) is 30.5 Å². The van der Waals surface area contributed by atoms with Gasteiger partial charge < -0.3 is 14.8 Å². The van der Waals surface area contributed by atoms with Crippen LogP contribution in [0.2, 0.25) is 0 Å². The summed E-state index contributed by atoms with van der Waals surface area (Å²) in [5.74, 6) is 1.78. The van der Waals surface area contributed by atoms with E-state index in [-0.39, 0.29) is 6.04 Å². The first-order valence-electron chi connectivity index (χ1n) is 6.16. The highest BCUT2D eigenvalue weighted by Gasteiger charge is 2.18. The van der Waals surface area contributed by atoms with Crippen molar-refractivity contribution in [1.29, 1.82) is 0 Å². The van der Waals surface area contributed by atoms with Crippen LogP contribution in [0.25, 0.3) is 0 Å². The molecular formula is C14H23NO2. The molecule has 0 aliphatic rings. The van der Waals surface area contributed by atoms with Crippen LogP contribution in [-0.2, 0) is 0 Å². The van der Waals surface area contributed by atoms with Crippen LogP contribution < -0.4 is 14.8 Å². The molecule has 0 saturated heterocycles. The number of unbranched alkanes of at least 4 members (excludes halogenated alkanes) is 1. The lowest BCUT2D eigenvalue weighted by molar-refractivity contribution is 0.368. The minimum atomic E-state index is 0.279. The van der Waals surface area contributed by atoms with E-state index in [0.29, 0.717) is 0 Å². The lowest BCUT2D eigenvalue weighted by Crippen LogP contribution is -2.18. The largest absolute Gasteiger partial charge is 0.496 e. The van der Waals surface area contributed by atoms with Crippen molar-refractivity contribution in [1.82, 2.24) is 5.32 Å². The van der Waals surface area contributed by atoms with E-state index in [1.54, 1.807) is 14.2 Å². The van der Waals surface area contributed by atoms with E-state index in [1.807, 2.05) is 25.2 Å². The van der Waals surface area contributed by atoms with E-state index in [9.17, 15) is 0 Å². The summed E-state index contributed by atoms with van der Waals surface area (Å²) in [6.45, 7) is 2.20. The van der Waals surface area contributed by atoms with Crippen molar-refractivity contribution in [2.45, 2.75) is 32.2 Å². The van der Waals surface area contributed by atoms with Crippen molar-refractivity contribution in [2.24, 2.45) is 0 Å². The van der Waals surface area contributed by atoms with Gasteiger partial charge in [0.1, 0.15) is 11.5 Å². The van der Waals surface area contributed by atoms with Crippen LogP contribution in [0, 0.1) is 0 Å². The van der Waals surface area contributed by atoms with E-state index < -0.39 is 0 Å². The zero-order valence-corrected chi connectivity index (χ0v) is 11.2.